The fourth-order valence-corrected chi connectivity index (χ4v) is 5.57. The minimum atomic E-state index is 0. The first kappa shape index (κ1) is 30.2. The second-order valence-corrected chi connectivity index (χ2v) is 9.89. The molecule has 0 N–H and O–H groups in total. The molecule has 6 rings (SSSR count). The van der Waals surface area contributed by atoms with Crippen LogP contribution in [0.25, 0.3) is 32.7 Å². The summed E-state index contributed by atoms with van der Waals surface area (Å²) < 4.78 is 0. The van der Waals surface area contributed by atoms with Crippen LogP contribution in [-0.2, 0) is 26.2 Å². The van der Waals surface area contributed by atoms with Gasteiger partial charge in [0.05, 0.1) is 0 Å². The molecular formula is C32H27Cl2PZr. The van der Waals surface area contributed by atoms with Crippen molar-refractivity contribution in [3.05, 3.63) is 132 Å². The Kier molecular flexibility index (Phi) is 11.8. The average molecular weight is 605 g/mol. The molecule has 0 aliphatic rings. The number of hydrogen-bond acceptors (Lipinski definition) is 0. The van der Waals surface area contributed by atoms with Crippen LogP contribution in [0.4, 0.5) is 0 Å². The van der Waals surface area contributed by atoms with Crippen molar-refractivity contribution in [1.82, 2.24) is 0 Å². The molecule has 0 fully saturated rings. The van der Waals surface area contributed by atoms with Gasteiger partial charge in [0.1, 0.15) is 0 Å². The van der Waals surface area contributed by atoms with Gasteiger partial charge in [-0.2, -0.15) is 12.1 Å². The smallest absolute Gasteiger partial charge is 1.00 e. The first-order valence-corrected chi connectivity index (χ1v) is 12.4. The molecule has 0 aliphatic carbocycles. The molecule has 0 saturated carbocycles. The number of halogens is 2. The van der Waals surface area contributed by atoms with Gasteiger partial charge in [-0.25, -0.2) is 0 Å². The molecule has 178 valence electrons. The molecule has 0 nitrogen and oxygen atoms in total. The minimum absolute atomic E-state index is 0. The summed E-state index contributed by atoms with van der Waals surface area (Å²) in [6, 6.07) is 43.4. The number of aryl methyl sites for hydroxylation is 2. The van der Waals surface area contributed by atoms with Gasteiger partial charge >= 0.3 is 26.2 Å². The minimum Gasteiger partial charge on any atom is -1.00 e. The Bertz CT molecular complexity index is 1480. The fraction of sp³-hybridized carbons (Fsp3) is 0.0625. The van der Waals surface area contributed by atoms with Gasteiger partial charge < -0.3 is 24.8 Å². The van der Waals surface area contributed by atoms with E-state index < -0.39 is 0 Å². The van der Waals surface area contributed by atoms with E-state index in [9.17, 15) is 0 Å². The van der Waals surface area contributed by atoms with E-state index >= 15 is 0 Å². The summed E-state index contributed by atoms with van der Waals surface area (Å²) >= 11 is 0. The summed E-state index contributed by atoms with van der Waals surface area (Å²) in [7, 11) is 0.759. The number of benzene rings is 4. The van der Waals surface area contributed by atoms with Crippen LogP contribution in [0.15, 0.2) is 121 Å². The van der Waals surface area contributed by atoms with Crippen molar-refractivity contribution in [2.45, 2.75) is 13.8 Å². The maximum absolute atomic E-state index is 2.31. The van der Waals surface area contributed by atoms with Gasteiger partial charge in [-0.15, -0.1) is 74.9 Å². The molecule has 1 atom stereocenters. The third-order valence-corrected chi connectivity index (χ3v) is 7.43. The fourth-order valence-electron chi connectivity index (χ4n) is 4.35. The van der Waals surface area contributed by atoms with Crippen molar-refractivity contribution in [3.8, 4) is 11.1 Å². The van der Waals surface area contributed by atoms with E-state index in [0.29, 0.717) is 0 Å². The zero-order valence-corrected chi connectivity index (χ0v) is 25.3. The van der Waals surface area contributed by atoms with Crippen molar-refractivity contribution < 1.29 is 51.0 Å². The summed E-state index contributed by atoms with van der Waals surface area (Å²) in [5, 5.41) is 8.26. The van der Waals surface area contributed by atoms with Crippen molar-refractivity contribution in [2.24, 2.45) is 0 Å². The average Bonchev–Trinajstić information content (AvgIpc) is 3.43. The van der Waals surface area contributed by atoms with E-state index in [-0.39, 0.29) is 51.0 Å². The predicted molar refractivity (Wildman–Crippen MR) is 148 cm³/mol. The Hall–Kier alpha value is -2.01. The van der Waals surface area contributed by atoms with Gasteiger partial charge in [-0.1, -0.05) is 87.8 Å². The molecule has 0 amide bonds. The largest absolute Gasteiger partial charge is 4.00 e. The Morgan fingerprint density at radius 3 is 2.03 bits per heavy atom. The summed E-state index contributed by atoms with van der Waals surface area (Å²) in [6.45, 7) is 4.33. The normalized spacial score (nSPS) is 10.3. The number of fused-ring (bicyclic) bond motifs is 2. The van der Waals surface area contributed by atoms with Gasteiger partial charge in [0.15, 0.2) is 0 Å². The van der Waals surface area contributed by atoms with Crippen molar-refractivity contribution in [2.75, 3.05) is 0 Å². The third-order valence-electron chi connectivity index (χ3n) is 6.02. The summed E-state index contributed by atoms with van der Waals surface area (Å²) in [4.78, 5) is 0. The quantitative estimate of drug-likeness (QED) is 0.215. The van der Waals surface area contributed by atoms with Crippen LogP contribution < -0.4 is 35.4 Å². The molecule has 0 aromatic heterocycles. The van der Waals surface area contributed by atoms with E-state index in [1.807, 2.05) is 0 Å². The zero-order valence-electron chi connectivity index (χ0n) is 20.3. The predicted octanol–water partition coefficient (Wildman–Crippen LogP) is 2.04. The zero-order chi connectivity index (χ0) is 22.6. The van der Waals surface area contributed by atoms with Crippen molar-refractivity contribution in [3.63, 3.8) is 0 Å². The van der Waals surface area contributed by atoms with Gasteiger partial charge in [-0.3, -0.25) is 0 Å². The second-order valence-electron chi connectivity index (χ2n) is 8.52. The molecule has 6 aromatic carbocycles. The molecule has 0 heterocycles. The maximum Gasteiger partial charge on any atom is 4.00 e. The van der Waals surface area contributed by atoms with Crippen molar-refractivity contribution >= 4 is 40.7 Å². The van der Waals surface area contributed by atoms with E-state index in [4.69, 9.17) is 0 Å². The SMILES string of the molecule is Cc1cc2c(-c3ccccc3)cccc2[cH-]1.Cc1ccccc1Pc1cc2ccccc2[cH-]1.[Cl-].[Cl-].[Zr+4]. The van der Waals surface area contributed by atoms with Crippen LogP contribution in [0.3, 0.4) is 0 Å². The van der Waals surface area contributed by atoms with E-state index in [1.54, 1.807) is 0 Å². The van der Waals surface area contributed by atoms with E-state index in [1.165, 1.54) is 54.4 Å². The molecule has 0 aliphatic heterocycles. The topological polar surface area (TPSA) is 0 Å². The van der Waals surface area contributed by atoms with Crippen LogP contribution in [-0.4, -0.2) is 0 Å². The van der Waals surface area contributed by atoms with Crippen LogP contribution in [0.1, 0.15) is 11.1 Å². The number of hydrogen-bond donors (Lipinski definition) is 0. The molecule has 4 heteroatoms. The van der Waals surface area contributed by atoms with E-state index in [0.717, 1.165) is 8.58 Å². The third kappa shape index (κ3) is 7.06. The Balaban J connectivity index is 0.000000234. The summed E-state index contributed by atoms with van der Waals surface area (Å²) in [5.74, 6) is 0. The molecule has 0 spiro atoms. The van der Waals surface area contributed by atoms with Gasteiger partial charge in [-0.05, 0) is 23.4 Å². The monoisotopic (exact) mass is 602 g/mol. The van der Waals surface area contributed by atoms with Gasteiger partial charge in [0.2, 0.25) is 0 Å². The second kappa shape index (κ2) is 14.1. The molecule has 0 radical (unpaired) electrons. The maximum atomic E-state index is 2.31. The Morgan fingerprint density at radius 1 is 0.611 bits per heavy atom. The summed E-state index contributed by atoms with van der Waals surface area (Å²) in [5.41, 5.74) is 5.33. The molecule has 6 aromatic rings. The van der Waals surface area contributed by atoms with Gasteiger partial charge in [0, 0.05) is 0 Å². The molecule has 0 bridgehead atoms. The van der Waals surface area contributed by atoms with Crippen molar-refractivity contribution in [1.29, 1.82) is 0 Å². The van der Waals surface area contributed by atoms with E-state index in [2.05, 4.69) is 135 Å². The van der Waals surface area contributed by atoms with Crippen LogP contribution in [0, 0.1) is 13.8 Å². The molecule has 36 heavy (non-hydrogen) atoms. The first-order valence-electron chi connectivity index (χ1n) is 11.4. The Labute approximate surface area is 247 Å². The summed E-state index contributed by atoms with van der Waals surface area (Å²) in [6.07, 6.45) is 0. The Morgan fingerprint density at radius 2 is 1.28 bits per heavy atom. The van der Waals surface area contributed by atoms with Gasteiger partial charge in [0.25, 0.3) is 0 Å². The molecule has 1 unspecified atom stereocenters. The molecule has 0 saturated heterocycles. The standard InChI is InChI=1S/C16H14P.C16H13.2ClH.Zr/c1-12-6-2-5-9-16(12)17-15-10-13-7-3-4-8-14(13)11-15;1-12-10-14-8-5-9-15(16(14)11-12)13-6-3-2-4-7-13;;;/h2-11,17H,1H3;2-11H,1H3;2*1H;/q2*-1;;;+4/p-2. The van der Waals surface area contributed by atoms with Crippen LogP contribution >= 0.6 is 8.58 Å². The van der Waals surface area contributed by atoms with Crippen LogP contribution in [0.5, 0.6) is 0 Å². The van der Waals surface area contributed by atoms with Crippen LogP contribution in [0.2, 0.25) is 0 Å². The first-order chi connectivity index (χ1) is 16.2. The molecular weight excluding hydrogens is 577 g/mol. The number of rotatable bonds is 3.